The van der Waals surface area contributed by atoms with Gasteiger partial charge in [0.2, 0.25) is 5.91 Å². The number of fused-ring (bicyclic) bond motifs is 1. The summed E-state index contributed by atoms with van der Waals surface area (Å²) in [6, 6.07) is 15.3. The molecule has 0 radical (unpaired) electrons. The molecule has 0 saturated heterocycles. The zero-order valence-corrected chi connectivity index (χ0v) is 12.0. The van der Waals surface area contributed by atoms with Crippen LogP contribution in [0.15, 0.2) is 54.7 Å². The van der Waals surface area contributed by atoms with Crippen LogP contribution in [0.4, 0.5) is 0 Å². The molecule has 0 aliphatic carbocycles. The van der Waals surface area contributed by atoms with Crippen molar-refractivity contribution in [1.82, 2.24) is 15.1 Å². The van der Waals surface area contributed by atoms with Crippen molar-refractivity contribution >= 4 is 28.4 Å². The molecule has 0 atom stereocenters. The number of para-hydroxylation sites is 1. The Balaban J connectivity index is 1.64. The fourth-order valence-corrected chi connectivity index (χ4v) is 2.40. The van der Waals surface area contributed by atoms with Gasteiger partial charge in [0.15, 0.2) is 0 Å². The Labute approximate surface area is 127 Å². The molecule has 0 fully saturated rings. The van der Waals surface area contributed by atoms with Crippen molar-refractivity contribution in [2.24, 2.45) is 0 Å². The molecule has 0 aliphatic heterocycles. The molecule has 3 rings (SSSR count). The van der Waals surface area contributed by atoms with Crippen molar-refractivity contribution in [3.8, 4) is 0 Å². The summed E-state index contributed by atoms with van der Waals surface area (Å²) < 4.78 is 1.70. The largest absolute Gasteiger partial charge is 0.350 e. The van der Waals surface area contributed by atoms with Gasteiger partial charge in [0, 0.05) is 17.0 Å². The third kappa shape index (κ3) is 3.23. The van der Waals surface area contributed by atoms with Crippen LogP contribution in [0, 0.1) is 0 Å². The Morgan fingerprint density at radius 1 is 1.19 bits per heavy atom. The van der Waals surface area contributed by atoms with Crippen LogP contribution >= 0.6 is 11.6 Å². The number of nitrogens with zero attached hydrogens (tertiary/aromatic N) is 2. The maximum absolute atomic E-state index is 12.0. The number of carbonyl (C=O) groups is 1. The standard InChI is InChI=1S/C16H14ClN3O/c17-14-6-3-4-12(8-14)9-18-16(21)11-20-15-7-2-1-5-13(15)10-19-20/h1-8,10H,9,11H2,(H,18,21). The third-order valence-electron chi connectivity index (χ3n) is 3.22. The molecule has 106 valence electrons. The minimum atomic E-state index is -0.0798. The van der Waals surface area contributed by atoms with Crippen molar-refractivity contribution in [1.29, 1.82) is 0 Å². The first-order chi connectivity index (χ1) is 10.2. The lowest BCUT2D eigenvalue weighted by molar-refractivity contribution is -0.121. The summed E-state index contributed by atoms with van der Waals surface area (Å²) in [5.41, 5.74) is 1.93. The van der Waals surface area contributed by atoms with E-state index in [2.05, 4.69) is 10.4 Å². The number of halogens is 1. The Morgan fingerprint density at radius 3 is 2.90 bits per heavy atom. The van der Waals surface area contributed by atoms with Crippen molar-refractivity contribution in [2.45, 2.75) is 13.1 Å². The molecule has 1 amide bonds. The van der Waals surface area contributed by atoms with Gasteiger partial charge in [0.1, 0.15) is 6.54 Å². The molecule has 2 aromatic carbocycles. The first-order valence-electron chi connectivity index (χ1n) is 6.64. The van der Waals surface area contributed by atoms with Crippen LogP contribution in [0.25, 0.3) is 10.9 Å². The van der Waals surface area contributed by atoms with Crippen molar-refractivity contribution < 1.29 is 4.79 Å². The average Bonchev–Trinajstić information content (AvgIpc) is 2.89. The number of hydrogen-bond acceptors (Lipinski definition) is 2. The molecule has 1 heterocycles. The van der Waals surface area contributed by atoms with Gasteiger partial charge in [-0.25, -0.2) is 0 Å². The fraction of sp³-hybridized carbons (Fsp3) is 0.125. The maximum atomic E-state index is 12.0. The maximum Gasteiger partial charge on any atom is 0.242 e. The molecule has 5 heteroatoms. The normalized spacial score (nSPS) is 10.7. The van der Waals surface area contributed by atoms with Gasteiger partial charge in [-0.2, -0.15) is 5.10 Å². The quantitative estimate of drug-likeness (QED) is 0.805. The van der Waals surface area contributed by atoms with Gasteiger partial charge in [-0.3, -0.25) is 9.48 Å². The van der Waals surface area contributed by atoms with Crippen LogP contribution in [-0.2, 0) is 17.9 Å². The highest BCUT2D eigenvalue weighted by Gasteiger charge is 2.07. The van der Waals surface area contributed by atoms with E-state index in [1.54, 1.807) is 10.9 Å². The lowest BCUT2D eigenvalue weighted by Gasteiger charge is -2.07. The van der Waals surface area contributed by atoms with Crippen LogP contribution in [0.3, 0.4) is 0 Å². The van der Waals surface area contributed by atoms with E-state index in [1.807, 2.05) is 48.5 Å². The number of hydrogen-bond donors (Lipinski definition) is 1. The Morgan fingerprint density at radius 2 is 2.05 bits per heavy atom. The summed E-state index contributed by atoms with van der Waals surface area (Å²) >= 11 is 5.91. The van der Waals surface area contributed by atoms with E-state index in [0.717, 1.165) is 16.5 Å². The zero-order valence-electron chi connectivity index (χ0n) is 11.3. The smallest absolute Gasteiger partial charge is 0.242 e. The molecular formula is C16H14ClN3O. The summed E-state index contributed by atoms with van der Waals surface area (Å²) in [4.78, 5) is 12.0. The van der Waals surface area contributed by atoms with E-state index < -0.39 is 0 Å². The molecule has 0 bridgehead atoms. The summed E-state index contributed by atoms with van der Waals surface area (Å²) in [5, 5.41) is 8.80. The van der Waals surface area contributed by atoms with Gasteiger partial charge in [-0.1, -0.05) is 41.9 Å². The van der Waals surface area contributed by atoms with Gasteiger partial charge in [0.25, 0.3) is 0 Å². The van der Waals surface area contributed by atoms with Crippen LogP contribution in [0.1, 0.15) is 5.56 Å². The molecule has 0 aliphatic rings. The van der Waals surface area contributed by atoms with Crippen molar-refractivity contribution in [3.63, 3.8) is 0 Å². The van der Waals surface area contributed by atoms with Crippen molar-refractivity contribution in [2.75, 3.05) is 0 Å². The summed E-state index contributed by atoms with van der Waals surface area (Å²) in [6.07, 6.45) is 1.76. The van der Waals surface area contributed by atoms with Crippen LogP contribution in [0.2, 0.25) is 5.02 Å². The van der Waals surface area contributed by atoms with E-state index in [0.29, 0.717) is 11.6 Å². The minimum Gasteiger partial charge on any atom is -0.350 e. The molecular weight excluding hydrogens is 286 g/mol. The second-order valence-electron chi connectivity index (χ2n) is 4.77. The van der Waals surface area contributed by atoms with E-state index in [4.69, 9.17) is 11.6 Å². The monoisotopic (exact) mass is 299 g/mol. The SMILES string of the molecule is O=C(Cn1ncc2ccccc21)NCc1cccc(Cl)c1. The number of rotatable bonds is 4. The lowest BCUT2D eigenvalue weighted by Crippen LogP contribution is -2.27. The first-order valence-corrected chi connectivity index (χ1v) is 7.02. The Hall–Kier alpha value is -2.33. The van der Waals surface area contributed by atoms with E-state index in [-0.39, 0.29) is 12.5 Å². The number of benzene rings is 2. The van der Waals surface area contributed by atoms with E-state index >= 15 is 0 Å². The van der Waals surface area contributed by atoms with Crippen LogP contribution < -0.4 is 5.32 Å². The average molecular weight is 300 g/mol. The Bertz CT molecular complexity index is 782. The first kappa shape index (κ1) is 13.6. The summed E-state index contributed by atoms with van der Waals surface area (Å²) in [7, 11) is 0. The predicted molar refractivity (Wildman–Crippen MR) is 83.0 cm³/mol. The molecule has 1 N–H and O–H groups in total. The van der Waals surface area contributed by atoms with Gasteiger partial charge in [-0.05, 0) is 23.8 Å². The van der Waals surface area contributed by atoms with Crippen molar-refractivity contribution in [3.05, 3.63) is 65.3 Å². The number of amides is 1. The third-order valence-corrected chi connectivity index (χ3v) is 3.46. The second kappa shape index (κ2) is 5.97. The summed E-state index contributed by atoms with van der Waals surface area (Å²) in [5.74, 6) is -0.0798. The van der Waals surface area contributed by atoms with E-state index in [9.17, 15) is 4.79 Å². The molecule has 4 nitrogen and oxygen atoms in total. The highest BCUT2D eigenvalue weighted by atomic mass is 35.5. The second-order valence-corrected chi connectivity index (χ2v) is 5.20. The minimum absolute atomic E-state index is 0.0798. The number of carbonyl (C=O) groups excluding carboxylic acids is 1. The number of aromatic nitrogens is 2. The summed E-state index contributed by atoms with van der Waals surface area (Å²) in [6.45, 7) is 0.659. The lowest BCUT2D eigenvalue weighted by atomic mass is 10.2. The van der Waals surface area contributed by atoms with Gasteiger partial charge in [0.05, 0.1) is 11.7 Å². The highest BCUT2D eigenvalue weighted by molar-refractivity contribution is 6.30. The van der Waals surface area contributed by atoms with Gasteiger partial charge in [-0.15, -0.1) is 0 Å². The highest BCUT2D eigenvalue weighted by Crippen LogP contribution is 2.12. The molecule has 0 saturated carbocycles. The molecule has 1 aromatic heterocycles. The van der Waals surface area contributed by atoms with Gasteiger partial charge >= 0.3 is 0 Å². The Kier molecular flexibility index (Phi) is 3.88. The van der Waals surface area contributed by atoms with Crippen LogP contribution in [0.5, 0.6) is 0 Å². The topological polar surface area (TPSA) is 46.9 Å². The van der Waals surface area contributed by atoms with Crippen LogP contribution in [-0.4, -0.2) is 15.7 Å². The predicted octanol–water partition coefficient (Wildman–Crippen LogP) is 3.01. The number of nitrogens with one attached hydrogen (secondary N) is 1. The molecule has 0 spiro atoms. The molecule has 3 aromatic rings. The molecule has 0 unspecified atom stereocenters. The van der Waals surface area contributed by atoms with E-state index in [1.165, 1.54) is 0 Å². The molecule has 21 heavy (non-hydrogen) atoms. The van der Waals surface area contributed by atoms with Gasteiger partial charge < -0.3 is 5.32 Å². The fourth-order valence-electron chi connectivity index (χ4n) is 2.19. The zero-order chi connectivity index (χ0) is 14.7.